The summed E-state index contributed by atoms with van der Waals surface area (Å²) in [5, 5.41) is 0. The zero-order valence-electron chi connectivity index (χ0n) is 16.1. The van der Waals surface area contributed by atoms with Crippen LogP contribution in [0.4, 0.5) is 15.8 Å². The summed E-state index contributed by atoms with van der Waals surface area (Å²) < 4.78 is 74.1. The van der Waals surface area contributed by atoms with Gasteiger partial charge in [-0.2, -0.15) is 0 Å². The number of aryl methyl sites for hydroxylation is 1. The summed E-state index contributed by atoms with van der Waals surface area (Å²) in [6.45, 7) is 1.62. The Balaban J connectivity index is 1.95. The predicted octanol–water partition coefficient (Wildman–Crippen LogP) is 3.74. The van der Waals surface area contributed by atoms with E-state index in [0.29, 0.717) is 11.3 Å². The topological polar surface area (TPSA) is 102 Å². The number of hydrogen-bond acceptors (Lipinski definition) is 5. The number of sulfonamides is 2. The van der Waals surface area contributed by atoms with E-state index in [9.17, 15) is 21.2 Å². The second-order valence-electron chi connectivity index (χ2n) is 6.35. The van der Waals surface area contributed by atoms with Crippen LogP contribution in [0.25, 0.3) is 0 Å². The highest BCUT2D eigenvalue weighted by atomic mass is 32.2. The van der Waals surface area contributed by atoms with E-state index in [4.69, 9.17) is 4.74 Å². The van der Waals surface area contributed by atoms with Crippen LogP contribution in [-0.4, -0.2) is 23.9 Å². The number of anilines is 2. The van der Waals surface area contributed by atoms with Crippen LogP contribution in [0.3, 0.4) is 0 Å². The summed E-state index contributed by atoms with van der Waals surface area (Å²) in [6, 6.07) is 15.0. The van der Waals surface area contributed by atoms with Gasteiger partial charge in [0.15, 0.2) is 0 Å². The molecule has 0 atom stereocenters. The third-order valence-electron chi connectivity index (χ3n) is 4.22. The highest BCUT2D eigenvalue weighted by Crippen LogP contribution is 2.28. The van der Waals surface area contributed by atoms with Crippen LogP contribution in [0.1, 0.15) is 5.56 Å². The largest absolute Gasteiger partial charge is 0.495 e. The molecule has 0 aliphatic rings. The van der Waals surface area contributed by atoms with Crippen LogP contribution in [-0.2, 0) is 20.0 Å². The predicted molar refractivity (Wildman–Crippen MR) is 112 cm³/mol. The molecule has 0 saturated heterocycles. The maximum Gasteiger partial charge on any atom is 0.262 e. The van der Waals surface area contributed by atoms with Gasteiger partial charge < -0.3 is 4.74 Å². The lowest BCUT2D eigenvalue weighted by molar-refractivity contribution is 0.417. The van der Waals surface area contributed by atoms with Gasteiger partial charge in [0, 0.05) is 0 Å². The number of benzene rings is 3. The van der Waals surface area contributed by atoms with Gasteiger partial charge in [-0.15, -0.1) is 0 Å². The van der Waals surface area contributed by atoms with Crippen molar-refractivity contribution in [2.75, 3.05) is 16.6 Å². The standard InChI is InChI=1S/C20H19FN2O5S2/c1-14-10-11-17(30(26,27)22-18-8-3-4-9-20(18)28-2)13-19(14)23-29(24,25)16-7-5-6-15(21)12-16/h3-13,22-23H,1-2H3. The molecule has 0 heterocycles. The van der Waals surface area contributed by atoms with Crippen LogP contribution in [0.5, 0.6) is 5.75 Å². The summed E-state index contributed by atoms with van der Waals surface area (Å²) in [7, 11) is -6.74. The van der Waals surface area contributed by atoms with Crippen molar-refractivity contribution in [3.8, 4) is 5.75 Å². The minimum atomic E-state index is -4.12. The quantitative estimate of drug-likeness (QED) is 0.571. The summed E-state index contributed by atoms with van der Waals surface area (Å²) >= 11 is 0. The van der Waals surface area contributed by atoms with E-state index in [2.05, 4.69) is 9.44 Å². The number of methoxy groups -OCH3 is 1. The number of rotatable bonds is 7. The molecule has 30 heavy (non-hydrogen) atoms. The molecule has 158 valence electrons. The molecule has 10 heteroatoms. The fraction of sp³-hybridized carbons (Fsp3) is 0.100. The van der Waals surface area contributed by atoms with Crippen molar-refractivity contribution in [3.63, 3.8) is 0 Å². The second-order valence-corrected chi connectivity index (χ2v) is 9.71. The van der Waals surface area contributed by atoms with E-state index < -0.39 is 25.9 Å². The molecule has 2 N–H and O–H groups in total. The molecular formula is C20H19FN2O5S2. The molecule has 0 saturated carbocycles. The lowest BCUT2D eigenvalue weighted by Gasteiger charge is -2.14. The minimum Gasteiger partial charge on any atom is -0.495 e. The number of nitrogens with one attached hydrogen (secondary N) is 2. The van der Waals surface area contributed by atoms with Crippen molar-refractivity contribution >= 4 is 31.4 Å². The third kappa shape index (κ3) is 4.71. The first-order valence-corrected chi connectivity index (χ1v) is 11.6. The van der Waals surface area contributed by atoms with Gasteiger partial charge in [-0.25, -0.2) is 21.2 Å². The molecule has 0 spiro atoms. The minimum absolute atomic E-state index is 0.0576. The van der Waals surface area contributed by atoms with Gasteiger partial charge in [0.25, 0.3) is 20.0 Å². The van der Waals surface area contributed by atoms with Crippen LogP contribution in [0.2, 0.25) is 0 Å². The molecule has 3 aromatic rings. The second kappa shape index (κ2) is 8.33. The Morgan fingerprint density at radius 2 is 1.40 bits per heavy atom. The molecule has 3 rings (SSSR count). The summed E-state index contributed by atoms with van der Waals surface area (Å²) in [4.78, 5) is -0.432. The normalized spacial score (nSPS) is 11.7. The van der Waals surface area contributed by atoms with E-state index in [1.54, 1.807) is 25.1 Å². The van der Waals surface area contributed by atoms with Gasteiger partial charge in [0.2, 0.25) is 0 Å². The Kier molecular flexibility index (Phi) is 5.99. The molecule has 0 fully saturated rings. The van der Waals surface area contributed by atoms with E-state index in [1.807, 2.05) is 0 Å². The Labute approximate surface area is 174 Å². The molecule has 0 aliphatic heterocycles. The lowest BCUT2D eigenvalue weighted by Crippen LogP contribution is -2.16. The van der Waals surface area contributed by atoms with E-state index in [0.717, 1.165) is 12.1 Å². The van der Waals surface area contributed by atoms with Crippen LogP contribution in [0.15, 0.2) is 76.5 Å². The van der Waals surface area contributed by atoms with Crippen molar-refractivity contribution in [1.29, 1.82) is 0 Å². The van der Waals surface area contributed by atoms with Gasteiger partial charge in [0.1, 0.15) is 11.6 Å². The maximum absolute atomic E-state index is 13.4. The summed E-state index contributed by atoms with van der Waals surface area (Å²) in [6.07, 6.45) is 0. The first-order chi connectivity index (χ1) is 14.1. The first-order valence-electron chi connectivity index (χ1n) is 8.67. The number of ether oxygens (including phenoxy) is 1. The highest BCUT2D eigenvalue weighted by molar-refractivity contribution is 7.93. The molecule has 0 unspecified atom stereocenters. The van der Waals surface area contributed by atoms with E-state index >= 15 is 0 Å². The maximum atomic E-state index is 13.4. The van der Waals surface area contributed by atoms with Crippen molar-refractivity contribution in [2.45, 2.75) is 16.7 Å². The Hall–Kier alpha value is -3.11. The molecule has 0 aliphatic carbocycles. The van der Waals surface area contributed by atoms with E-state index in [-0.39, 0.29) is 21.2 Å². The summed E-state index contributed by atoms with van der Waals surface area (Å²) in [5.41, 5.74) is 0.788. The summed E-state index contributed by atoms with van der Waals surface area (Å²) in [5.74, 6) is -0.368. The fourth-order valence-corrected chi connectivity index (χ4v) is 4.90. The molecule has 3 aromatic carbocycles. The first kappa shape index (κ1) is 21.6. The van der Waals surface area contributed by atoms with Crippen LogP contribution in [0, 0.1) is 12.7 Å². The van der Waals surface area contributed by atoms with Gasteiger partial charge in [-0.05, 0) is 55.0 Å². The Morgan fingerprint density at radius 1 is 0.767 bits per heavy atom. The zero-order chi connectivity index (χ0) is 21.9. The lowest BCUT2D eigenvalue weighted by atomic mass is 10.2. The van der Waals surface area contributed by atoms with Gasteiger partial charge >= 0.3 is 0 Å². The van der Waals surface area contributed by atoms with Gasteiger partial charge in [-0.1, -0.05) is 24.3 Å². The van der Waals surface area contributed by atoms with Gasteiger partial charge in [0.05, 0.1) is 28.3 Å². The van der Waals surface area contributed by atoms with Crippen molar-refractivity contribution in [1.82, 2.24) is 0 Å². The van der Waals surface area contributed by atoms with Gasteiger partial charge in [-0.3, -0.25) is 9.44 Å². The average Bonchev–Trinajstić information content (AvgIpc) is 2.69. The number of para-hydroxylation sites is 2. The Morgan fingerprint density at radius 3 is 2.07 bits per heavy atom. The SMILES string of the molecule is COc1ccccc1NS(=O)(=O)c1ccc(C)c(NS(=O)(=O)c2cccc(F)c2)c1. The average molecular weight is 451 g/mol. The van der Waals surface area contributed by atoms with Crippen molar-refractivity contribution in [3.05, 3.63) is 78.1 Å². The molecule has 0 aromatic heterocycles. The van der Waals surface area contributed by atoms with Crippen LogP contribution < -0.4 is 14.2 Å². The zero-order valence-corrected chi connectivity index (χ0v) is 17.7. The highest BCUT2D eigenvalue weighted by Gasteiger charge is 2.20. The molecule has 7 nitrogen and oxygen atoms in total. The number of halogens is 1. The smallest absolute Gasteiger partial charge is 0.262 e. The molecular weight excluding hydrogens is 431 g/mol. The van der Waals surface area contributed by atoms with E-state index in [1.165, 1.54) is 43.5 Å². The Bertz CT molecular complexity index is 1290. The third-order valence-corrected chi connectivity index (χ3v) is 6.95. The number of hydrogen-bond donors (Lipinski definition) is 2. The fourth-order valence-electron chi connectivity index (χ4n) is 2.65. The molecule has 0 radical (unpaired) electrons. The molecule has 0 amide bonds. The molecule has 0 bridgehead atoms. The van der Waals surface area contributed by atoms with Crippen molar-refractivity contribution < 1.29 is 26.0 Å². The van der Waals surface area contributed by atoms with Crippen molar-refractivity contribution in [2.24, 2.45) is 0 Å². The van der Waals surface area contributed by atoms with Crippen LogP contribution >= 0.6 is 0 Å². The monoisotopic (exact) mass is 450 g/mol.